The number of ketones is 2. The molecule has 0 aromatic heterocycles. The van der Waals surface area contributed by atoms with Crippen molar-refractivity contribution in [1.29, 1.82) is 0 Å². The lowest BCUT2D eigenvalue weighted by Crippen LogP contribution is -2.24. The smallest absolute Gasteiger partial charge is 0.340 e. The van der Waals surface area contributed by atoms with Gasteiger partial charge in [-0.25, -0.2) is 4.79 Å². The van der Waals surface area contributed by atoms with E-state index in [1.807, 2.05) is 0 Å². The number of fused-ring (bicyclic) bond motifs is 2. The Morgan fingerprint density at radius 2 is 1.55 bits per heavy atom. The fraction of sp³-hybridized carbons (Fsp3) is 0.0435. The molecule has 3 aromatic carbocycles. The van der Waals surface area contributed by atoms with Gasteiger partial charge in [0.05, 0.1) is 21.1 Å². The van der Waals surface area contributed by atoms with Crippen LogP contribution in [-0.4, -0.2) is 35.0 Å². The van der Waals surface area contributed by atoms with Crippen LogP contribution in [0, 0.1) is 10.1 Å². The van der Waals surface area contributed by atoms with Gasteiger partial charge >= 0.3 is 5.97 Å². The fourth-order valence-corrected chi connectivity index (χ4v) is 3.77. The van der Waals surface area contributed by atoms with E-state index < -0.39 is 35.0 Å². The van der Waals surface area contributed by atoms with Crippen molar-refractivity contribution in [3.05, 3.63) is 104 Å². The summed E-state index contributed by atoms with van der Waals surface area (Å²) in [7, 11) is 0. The van der Waals surface area contributed by atoms with Crippen LogP contribution < -0.4 is 5.32 Å². The van der Waals surface area contributed by atoms with Crippen molar-refractivity contribution in [2.24, 2.45) is 0 Å². The van der Waals surface area contributed by atoms with Gasteiger partial charge in [-0.1, -0.05) is 48.0 Å². The topological polar surface area (TPSA) is 133 Å². The predicted octanol–water partition coefficient (Wildman–Crippen LogP) is 3.82. The second-order valence-electron chi connectivity index (χ2n) is 6.95. The van der Waals surface area contributed by atoms with E-state index in [0.29, 0.717) is 0 Å². The van der Waals surface area contributed by atoms with E-state index in [4.69, 9.17) is 16.3 Å². The van der Waals surface area contributed by atoms with Crippen LogP contribution in [-0.2, 0) is 9.53 Å². The summed E-state index contributed by atoms with van der Waals surface area (Å²) in [6.07, 6.45) is 0. The Morgan fingerprint density at radius 3 is 2.24 bits per heavy atom. The first-order valence-corrected chi connectivity index (χ1v) is 9.88. The highest BCUT2D eigenvalue weighted by atomic mass is 35.5. The monoisotopic (exact) mass is 464 g/mol. The highest BCUT2D eigenvalue weighted by molar-refractivity contribution is 6.41. The van der Waals surface area contributed by atoms with Crippen LogP contribution in [0.5, 0.6) is 0 Å². The van der Waals surface area contributed by atoms with Crippen LogP contribution in [0.3, 0.4) is 0 Å². The second-order valence-corrected chi connectivity index (χ2v) is 7.33. The number of nitro groups is 1. The fourth-order valence-electron chi connectivity index (χ4n) is 3.44. The van der Waals surface area contributed by atoms with Crippen LogP contribution >= 0.6 is 11.6 Å². The molecule has 0 heterocycles. The number of hydrogen-bond acceptors (Lipinski definition) is 7. The molecule has 0 bridgehead atoms. The molecule has 4 rings (SSSR count). The average Bonchev–Trinajstić information content (AvgIpc) is 2.81. The van der Waals surface area contributed by atoms with E-state index in [2.05, 4.69) is 5.32 Å². The Hall–Kier alpha value is -4.37. The third-order valence-corrected chi connectivity index (χ3v) is 5.35. The average molecular weight is 465 g/mol. The van der Waals surface area contributed by atoms with E-state index in [1.165, 1.54) is 48.5 Å². The maximum absolute atomic E-state index is 12.9. The molecule has 0 unspecified atom stereocenters. The van der Waals surface area contributed by atoms with Gasteiger partial charge in [0.25, 0.3) is 11.6 Å². The lowest BCUT2D eigenvalue weighted by atomic mass is 9.83. The molecule has 1 aliphatic carbocycles. The summed E-state index contributed by atoms with van der Waals surface area (Å²) >= 11 is 6.30. The number of nitrogens with zero attached hydrogens (tertiary/aromatic N) is 1. The maximum atomic E-state index is 12.9. The van der Waals surface area contributed by atoms with Gasteiger partial charge in [-0.2, -0.15) is 0 Å². The number of rotatable bonds is 5. The quantitative estimate of drug-likeness (QED) is 0.269. The van der Waals surface area contributed by atoms with Crippen LogP contribution in [0.2, 0.25) is 5.02 Å². The van der Waals surface area contributed by atoms with Gasteiger partial charge in [-0.15, -0.1) is 0 Å². The van der Waals surface area contributed by atoms with Gasteiger partial charge in [0, 0.05) is 22.8 Å². The van der Waals surface area contributed by atoms with E-state index in [9.17, 15) is 29.3 Å². The van der Waals surface area contributed by atoms with Gasteiger partial charge in [0.2, 0.25) is 0 Å². The lowest BCUT2D eigenvalue weighted by molar-refractivity contribution is -0.383. The van der Waals surface area contributed by atoms with E-state index in [0.717, 1.165) is 0 Å². The Balaban J connectivity index is 1.52. The number of hydrogen-bond donors (Lipinski definition) is 1. The van der Waals surface area contributed by atoms with Crippen molar-refractivity contribution < 1.29 is 28.8 Å². The number of ether oxygens (including phenoxy) is 1. The van der Waals surface area contributed by atoms with Crippen molar-refractivity contribution in [3.8, 4) is 0 Å². The van der Waals surface area contributed by atoms with Gasteiger partial charge in [-0.05, 0) is 18.2 Å². The van der Waals surface area contributed by atoms with Gasteiger partial charge in [0.15, 0.2) is 18.2 Å². The molecule has 0 atom stereocenters. The molecule has 0 radical (unpaired) electrons. The third-order valence-electron chi connectivity index (χ3n) is 4.96. The largest absolute Gasteiger partial charge is 0.452 e. The molecule has 0 aliphatic heterocycles. The highest BCUT2D eigenvalue weighted by Crippen LogP contribution is 2.34. The molecule has 33 heavy (non-hydrogen) atoms. The summed E-state index contributed by atoms with van der Waals surface area (Å²) in [6, 6.07) is 14.3. The summed E-state index contributed by atoms with van der Waals surface area (Å²) in [5, 5.41) is 13.1. The third kappa shape index (κ3) is 3.97. The Morgan fingerprint density at radius 1 is 0.909 bits per heavy atom. The number of esters is 1. The van der Waals surface area contributed by atoms with Crippen molar-refractivity contribution in [1.82, 2.24) is 0 Å². The zero-order valence-electron chi connectivity index (χ0n) is 16.7. The number of anilines is 1. The van der Waals surface area contributed by atoms with Crippen LogP contribution in [0.25, 0.3) is 0 Å². The zero-order chi connectivity index (χ0) is 23.7. The Labute approximate surface area is 191 Å². The number of carbonyl (C=O) groups is 4. The highest BCUT2D eigenvalue weighted by Gasteiger charge is 2.33. The van der Waals surface area contributed by atoms with E-state index in [1.54, 1.807) is 12.1 Å². The number of para-hydroxylation sites is 2. The second kappa shape index (κ2) is 8.64. The molecule has 1 amide bonds. The minimum Gasteiger partial charge on any atom is -0.452 e. The predicted molar refractivity (Wildman–Crippen MR) is 117 cm³/mol. The summed E-state index contributed by atoms with van der Waals surface area (Å²) in [6.45, 7) is -0.756. The lowest BCUT2D eigenvalue weighted by Gasteiger charge is -2.19. The number of carbonyl (C=O) groups excluding carboxylic acids is 4. The van der Waals surface area contributed by atoms with Crippen molar-refractivity contribution in [3.63, 3.8) is 0 Å². The summed E-state index contributed by atoms with van der Waals surface area (Å²) in [5.41, 5.74) is -0.209. The van der Waals surface area contributed by atoms with Crippen LogP contribution in [0.15, 0.2) is 60.7 Å². The summed E-state index contributed by atoms with van der Waals surface area (Å²) in [5.74, 6) is -2.72. The van der Waals surface area contributed by atoms with Crippen molar-refractivity contribution in [2.45, 2.75) is 0 Å². The first-order valence-electron chi connectivity index (χ1n) is 9.51. The first kappa shape index (κ1) is 21.8. The molecular formula is C23H13ClN2O7. The first-order chi connectivity index (χ1) is 15.8. The van der Waals surface area contributed by atoms with Crippen molar-refractivity contribution >= 4 is 46.4 Å². The number of halogens is 1. The molecule has 0 fully saturated rings. The molecule has 164 valence electrons. The van der Waals surface area contributed by atoms with Crippen LogP contribution in [0.1, 0.15) is 42.2 Å². The van der Waals surface area contributed by atoms with Gasteiger partial charge < -0.3 is 10.1 Å². The SMILES string of the molecule is O=C(COC(=O)c1ccc2c(c1Cl)C(=O)c1ccccc1C2=O)Nc1ccccc1[N+](=O)[O-]. The number of benzene rings is 3. The molecule has 0 saturated carbocycles. The molecular weight excluding hydrogens is 452 g/mol. The minimum atomic E-state index is -1.00. The molecule has 0 spiro atoms. The van der Waals surface area contributed by atoms with Crippen molar-refractivity contribution in [2.75, 3.05) is 11.9 Å². The molecule has 3 aromatic rings. The number of nitro benzene ring substituents is 1. The molecule has 1 aliphatic rings. The zero-order valence-corrected chi connectivity index (χ0v) is 17.4. The Bertz CT molecular complexity index is 1370. The van der Waals surface area contributed by atoms with E-state index >= 15 is 0 Å². The normalized spacial score (nSPS) is 11.9. The van der Waals surface area contributed by atoms with Gasteiger partial charge in [-0.3, -0.25) is 24.5 Å². The number of nitrogens with one attached hydrogen (secondary N) is 1. The molecule has 9 nitrogen and oxygen atoms in total. The molecule has 10 heteroatoms. The summed E-state index contributed by atoms with van der Waals surface area (Å²) in [4.78, 5) is 60.7. The standard InChI is InChI=1S/C23H13ClN2O7/c24-20-15(10-9-14-19(20)22(29)13-6-2-1-5-12(13)21(14)28)23(30)33-11-18(27)25-16-7-3-4-8-17(16)26(31)32/h1-10H,11H2,(H,25,27). The van der Waals surface area contributed by atoms with Gasteiger partial charge in [0.1, 0.15) is 5.69 Å². The maximum Gasteiger partial charge on any atom is 0.340 e. The van der Waals surface area contributed by atoms with E-state index in [-0.39, 0.29) is 44.2 Å². The molecule has 0 saturated heterocycles. The molecule has 1 N–H and O–H groups in total. The minimum absolute atomic E-state index is 0.0573. The Kier molecular flexibility index (Phi) is 5.72. The van der Waals surface area contributed by atoms with Crippen LogP contribution in [0.4, 0.5) is 11.4 Å². The number of amides is 1. The summed E-state index contributed by atoms with van der Waals surface area (Å²) < 4.78 is 4.96.